The molecule has 0 radical (unpaired) electrons. The first-order chi connectivity index (χ1) is 8.77. The zero-order chi connectivity index (χ0) is 12.4. The molecule has 3 rings (SSSR count). The third kappa shape index (κ3) is 2.45. The normalized spacial score (nSPS) is 28.6. The predicted molar refractivity (Wildman–Crippen MR) is 73.0 cm³/mol. The van der Waals surface area contributed by atoms with Crippen LogP contribution < -0.4 is 10.2 Å². The van der Waals surface area contributed by atoms with Crippen LogP contribution in [-0.2, 0) is 0 Å². The molecule has 18 heavy (non-hydrogen) atoms. The maximum absolute atomic E-state index is 5.84. The predicted octanol–water partition coefficient (Wildman–Crippen LogP) is 2.10. The maximum atomic E-state index is 5.84. The van der Waals surface area contributed by atoms with Crippen LogP contribution in [0.4, 0.5) is 5.95 Å². The number of hydrogen-bond donors (Lipinski definition) is 1. The Morgan fingerprint density at radius 1 is 1.22 bits per heavy atom. The van der Waals surface area contributed by atoms with Crippen molar-refractivity contribution in [1.82, 2.24) is 15.3 Å². The van der Waals surface area contributed by atoms with Gasteiger partial charge in [-0.1, -0.05) is 11.6 Å². The molecule has 98 valence electrons. The van der Waals surface area contributed by atoms with E-state index in [4.69, 9.17) is 11.6 Å². The summed E-state index contributed by atoms with van der Waals surface area (Å²) in [6.45, 7) is 4.43. The van der Waals surface area contributed by atoms with Gasteiger partial charge in [0.05, 0.1) is 17.4 Å². The van der Waals surface area contributed by atoms with Crippen LogP contribution in [0, 0.1) is 5.41 Å². The maximum Gasteiger partial charge on any atom is 0.225 e. The Balaban J connectivity index is 1.75. The topological polar surface area (TPSA) is 41.1 Å². The number of nitrogens with one attached hydrogen (secondary N) is 1. The van der Waals surface area contributed by atoms with E-state index >= 15 is 0 Å². The minimum Gasteiger partial charge on any atom is -0.340 e. The first-order valence-corrected chi connectivity index (χ1v) is 7.09. The quantitative estimate of drug-likeness (QED) is 0.845. The molecule has 2 fully saturated rings. The SMILES string of the molecule is Clc1cnc(N2CCCC3(CCCNC3)C2)nc1. The Morgan fingerprint density at radius 3 is 2.72 bits per heavy atom. The van der Waals surface area contributed by atoms with Gasteiger partial charge in [0.2, 0.25) is 5.95 Å². The van der Waals surface area contributed by atoms with Gasteiger partial charge in [0.15, 0.2) is 0 Å². The highest BCUT2D eigenvalue weighted by atomic mass is 35.5. The monoisotopic (exact) mass is 266 g/mol. The largest absolute Gasteiger partial charge is 0.340 e. The van der Waals surface area contributed by atoms with Crippen LogP contribution in [0.2, 0.25) is 5.02 Å². The van der Waals surface area contributed by atoms with Crippen LogP contribution in [0.5, 0.6) is 0 Å². The van der Waals surface area contributed by atoms with Gasteiger partial charge in [-0.05, 0) is 32.2 Å². The molecule has 0 saturated carbocycles. The third-order valence-corrected chi connectivity index (χ3v) is 4.31. The van der Waals surface area contributed by atoms with Crippen molar-refractivity contribution in [1.29, 1.82) is 0 Å². The van der Waals surface area contributed by atoms with Gasteiger partial charge in [-0.15, -0.1) is 0 Å². The van der Waals surface area contributed by atoms with E-state index in [1.165, 1.54) is 32.2 Å². The van der Waals surface area contributed by atoms with E-state index < -0.39 is 0 Å². The lowest BCUT2D eigenvalue weighted by atomic mass is 9.74. The van der Waals surface area contributed by atoms with Gasteiger partial charge in [0.1, 0.15) is 0 Å². The fourth-order valence-electron chi connectivity index (χ4n) is 3.23. The molecule has 0 bridgehead atoms. The number of nitrogens with zero attached hydrogens (tertiary/aromatic N) is 3. The molecule has 5 heteroatoms. The molecule has 3 heterocycles. The standard InChI is InChI=1S/C13H19ClN4/c14-11-7-16-12(17-8-11)18-6-2-4-13(10-18)3-1-5-15-9-13/h7-8,15H,1-6,9-10H2. The molecule has 1 unspecified atom stereocenters. The second kappa shape index (κ2) is 5.02. The van der Waals surface area contributed by atoms with E-state index in [0.717, 1.165) is 25.6 Å². The minimum absolute atomic E-state index is 0.430. The van der Waals surface area contributed by atoms with Crippen molar-refractivity contribution in [2.45, 2.75) is 25.7 Å². The molecular formula is C13H19ClN4. The van der Waals surface area contributed by atoms with Crippen LogP contribution in [0.1, 0.15) is 25.7 Å². The number of halogens is 1. The number of aromatic nitrogens is 2. The Hall–Kier alpha value is -0.870. The van der Waals surface area contributed by atoms with Gasteiger partial charge in [-0.3, -0.25) is 0 Å². The summed E-state index contributed by atoms with van der Waals surface area (Å²) < 4.78 is 0. The lowest BCUT2D eigenvalue weighted by molar-refractivity contribution is 0.172. The van der Waals surface area contributed by atoms with Crippen LogP contribution in [-0.4, -0.2) is 36.1 Å². The number of hydrogen-bond acceptors (Lipinski definition) is 4. The highest BCUT2D eigenvalue weighted by molar-refractivity contribution is 6.30. The summed E-state index contributed by atoms with van der Waals surface area (Å²) in [5, 5.41) is 4.14. The Labute approximate surface area is 113 Å². The molecule has 1 aromatic heterocycles. The van der Waals surface area contributed by atoms with Crippen molar-refractivity contribution < 1.29 is 0 Å². The van der Waals surface area contributed by atoms with Crippen molar-refractivity contribution in [2.75, 3.05) is 31.1 Å². The summed E-state index contributed by atoms with van der Waals surface area (Å²) in [6.07, 6.45) is 8.53. The lowest BCUT2D eigenvalue weighted by Crippen LogP contribution is -2.51. The zero-order valence-electron chi connectivity index (χ0n) is 10.5. The lowest BCUT2D eigenvalue weighted by Gasteiger charge is -2.45. The summed E-state index contributed by atoms with van der Waals surface area (Å²) in [7, 11) is 0. The highest BCUT2D eigenvalue weighted by Crippen LogP contribution is 2.36. The molecule has 1 N–H and O–H groups in total. The molecule has 0 amide bonds. The van der Waals surface area contributed by atoms with Crippen molar-refractivity contribution in [3.8, 4) is 0 Å². The molecule has 2 aliphatic rings. The van der Waals surface area contributed by atoms with E-state index in [1.807, 2.05) is 0 Å². The van der Waals surface area contributed by atoms with Gasteiger partial charge in [0.25, 0.3) is 0 Å². The summed E-state index contributed by atoms with van der Waals surface area (Å²) in [5.41, 5.74) is 0.430. The summed E-state index contributed by atoms with van der Waals surface area (Å²) in [4.78, 5) is 11.0. The van der Waals surface area contributed by atoms with E-state index in [1.54, 1.807) is 12.4 Å². The fourth-order valence-corrected chi connectivity index (χ4v) is 3.32. The van der Waals surface area contributed by atoms with E-state index in [0.29, 0.717) is 10.4 Å². The third-order valence-electron chi connectivity index (χ3n) is 4.11. The molecule has 0 aromatic carbocycles. The minimum atomic E-state index is 0.430. The Bertz CT molecular complexity index is 394. The molecule has 1 atom stereocenters. The van der Waals surface area contributed by atoms with Crippen molar-refractivity contribution in [3.63, 3.8) is 0 Å². The molecular weight excluding hydrogens is 248 g/mol. The van der Waals surface area contributed by atoms with Crippen LogP contribution in [0.3, 0.4) is 0 Å². The summed E-state index contributed by atoms with van der Waals surface area (Å²) in [6, 6.07) is 0. The number of rotatable bonds is 1. The van der Waals surface area contributed by atoms with Gasteiger partial charge in [0, 0.05) is 25.0 Å². The second-order valence-corrected chi connectivity index (χ2v) is 5.94. The zero-order valence-corrected chi connectivity index (χ0v) is 11.3. The molecule has 2 saturated heterocycles. The van der Waals surface area contributed by atoms with Gasteiger partial charge in [-0.2, -0.15) is 0 Å². The van der Waals surface area contributed by atoms with Gasteiger partial charge < -0.3 is 10.2 Å². The van der Waals surface area contributed by atoms with Gasteiger partial charge >= 0.3 is 0 Å². The van der Waals surface area contributed by atoms with Crippen LogP contribution in [0.25, 0.3) is 0 Å². The first kappa shape index (κ1) is 12.2. The molecule has 1 spiro atoms. The second-order valence-electron chi connectivity index (χ2n) is 5.51. The summed E-state index contributed by atoms with van der Waals surface area (Å²) in [5.74, 6) is 0.823. The van der Waals surface area contributed by atoms with Crippen molar-refractivity contribution in [2.24, 2.45) is 5.41 Å². The fraction of sp³-hybridized carbons (Fsp3) is 0.692. The van der Waals surface area contributed by atoms with E-state index in [-0.39, 0.29) is 0 Å². The average Bonchev–Trinajstić information content (AvgIpc) is 2.40. The average molecular weight is 267 g/mol. The number of anilines is 1. The Morgan fingerprint density at radius 2 is 2.00 bits per heavy atom. The van der Waals surface area contributed by atoms with E-state index in [9.17, 15) is 0 Å². The van der Waals surface area contributed by atoms with Crippen LogP contribution in [0.15, 0.2) is 12.4 Å². The smallest absolute Gasteiger partial charge is 0.225 e. The van der Waals surface area contributed by atoms with Crippen molar-refractivity contribution >= 4 is 17.5 Å². The Kier molecular flexibility index (Phi) is 3.39. The molecule has 4 nitrogen and oxygen atoms in total. The highest BCUT2D eigenvalue weighted by Gasteiger charge is 2.37. The molecule has 1 aromatic rings. The summed E-state index contributed by atoms with van der Waals surface area (Å²) >= 11 is 5.84. The van der Waals surface area contributed by atoms with E-state index in [2.05, 4.69) is 20.2 Å². The number of piperidine rings is 2. The molecule has 0 aliphatic carbocycles. The molecule has 2 aliphatic heterocycles. The van der Waals surface area contributed by atoms with Crippen LogP contribution >= 0.6 is 11.6 Å². The first-order valence-electron chi connectivity index (χ1n) is 6.71. The van der Waals surface area contributed by atoms with Crippen molar-refractivity contribution in [3.05, 3.63) is 17.4 Å². The van der Waals surface area contributed by atoms with Gasteiger partial charge in [-0.25, -0.2) is 9.97 Å².